The van der Waals surface area contributed by atoms with Crippen LogP contribution in [0.1, 0.15) is 27.5 Å². The van der Waals surface area contributed by atoms with Crippen LogP contribution in [0.2, 0.25) is 0 Å². The van der Waals surface area contributed by atoms with Gasteiger partial charge in [0.1, 0.15) is 17.1 Å². The van der Waals surface area contributed by atoms with E-state index in [0.717, 1.165) is 17.2 Å². The molecule has 0 aliphatic heterocycles. The first-order chi connectivity index (χ1) is 14.0. The molecule has 0 heterocycles. The maximum absolute atomic E-state index is 12.4. The molecule has 6 heteroatoms. The summed E-state index contributed by atoms with van der Waals surface area (Å²) in [5, 5.41) is 21.9. The van der Waals surface area contributed by atoms with Gasteiger partial charge in [0, 0.05) is 6.07 Å². The molecule has 3 N–H and O–H groups in total. The summed E-state index contributed by atoms with van der Waals surface area (Å²) in [5.41, 5.74) is 1.87. The zero-order valence-electron chi connectivity index (χ0n) is 15.6. The van der Waals surface area contributed by atoms with Crippen LogP contribution in [0.25, 0.3) is 0 Å². The summed E-state index contributed by atoms with van der Waals surface area (Å²) in [6.45, 7) is -0.489. The molecule has 148 valence electrons. The van der Waals surface area contributed by atoms with Crippen molar-refractivity contribution < 1.29 is 24.5 Å². The van der Waals surface area contributed by atoms with E-state index in [1.807, 2.05) is 60.7 Å². The van der Waals surface area contributed by atoms with Crippen molar-refractivity contribution in [3.8, 4) is 11.5 Å². The van der Waals surface area contributed by atoms with Crippen molar-refractivity contribution in [3.05, 3.63) is 95.6 Å². The predicted molar refractivity (Wildman–Crippen MR) is 108 cm³/mol. The highest BCUT2D eigenvalue weighted by atomic mass is 16.5. The summed E-state index contributed by atoms with van der Waals surface area (Å²) in [6, 6.07) is 22.5. The molecule has 0 aromatic heterocycles. The third kappa shape index (κ3) is 5.59. The Labute approximate surface area is 168 Å². The first-order valence-corrected chi connectivity index (χ1v) is 9.10. The second-order valence-electron chi connectivity index (χ2n) is 6.50. The Morgan fingerprint density at radius 3 is 2.21 bits per heavy atom. The van der Waals surface area contributed by atoms with Crippen LogP contribution in [0.4, 0.5) is 0 Å². The predicted octanol–water partition coefficient (Wildman–Crippen LogP) is 3.35. The number of aromatic hydroxyl groups is 2. The first-order valence-electron chi connectivity index (χ1n) is 9.10. The zero-order valence-corrected chi connectivity index (χ0v) is 15.6. The fraction of sp³-hybridized carbons (Fsp3) is 0.130. The second-order valence-corrected chi connectivity index (χ2v) is 6.50. The molecule has 0 aliphatic rings. The van der Waals surface area contributed by atoms with Crippen molar-refractivity contribution in [2.75, 3.05) is 6.61 Å². The van der Waals surface area contributed by atoms with Gasteiger partial charge in [-0.3, -0.25) is 4.79 Å². The number of hydrogen-bond donors (Lipinski definition) is 3. The van der Waals surface area contributed by atoms with Gasteiger partial charge in [-0.05, 0) is 29.7 Å². The highest BCUT2D eigenvalue weighted by molar-refractivity contribution is 5.94. The van der Waals surface area contributed by atoms with Crippen LogP contribution in [-0.4, -0.2) is 28.7 Å². The Hall–Kier alpha value is -3.80. The third-order valence-electron chi connectivity index (χ3n) is 4.36. The molecule has 0 unspecified atom stereocenters. The molecule has 3 aromatic rings. The maximum atomic E-state index is 12.4. The number of phenols is 2. The average Bonchev–Trinajstić information content (AvgIpc) is 2.73. The number of esters is 1. The van der Waals surface area contributed by atoms with Crippen LogP contribution >= 0.6 is 0 Å². The van der Waals surface area contributed by atoms with Crippen LogP contribution in [0.3, 0.4) is 0 Å². The summed E-state index contributed by atoms with van der Waals surface area (Å²) >= 11 is 0. The number of carbonyl (C=O) groups excluding carboxylic acids is 2. The van der Waals surface area contributed by atoms with Crippen LogP contribution < -0.4 is 5.32 Å². The van der Waals surface area contributed by atoms with E-state index < -0.39 is 24.2 Å². The highest BCUT2D eigenvalue weighted by Crippen LogP contribution is 2.23. The van der Waals surface area contributed by atoms with Gasteiger partial charge >= 0.3 is 5.97 Å². The molecule has 3 aromatic carbocycles. The van der Waals surface area contributed by atoms with E-state index >= 15 is 0 Å². The molecule has 0 saturated heterocycles. The fourth-order valence-corrected chi connectivity index (χ4v) is 2.92. The molecule has 0 spiro atoms. The number of nitrogens with one attached hydrogen (secondary N) is 1. The Balaban J connectivity index is 1.64. The molecule has 0 radical (unpaired) electrons. The quantitative estimate of drug-likeness (QED) is 0.537. The lowest BCUT2D eigenvalue weighted by atomic mass is 9.99. The van der Waals surface area contributed by atoms with Gasteiger partial charge in [-0.2, -0.15) is 0 Å². The minimum Gasteiger partial charge on any atom is -0.508 e. The van der Waals surface area contributed by atoms with Crippen LogP contribution in [-0.2, 0) is 16.0 Å². The van der Waals surface area contributed by atoms with Gasteiger partial charge in [-0.15, -0.1) is 0 Å². The van der Waals surface area contributed by atoms with Crippen molar-refractivity contribution in [1.29, 1.82) is 0 Å². The van der Waals surface area contributed by atoms with Gasteiger partial charge in [0.2, 0.25) is 0 Å². The van der Waals surface area contributed by atoms with Crippen molar-refractivity contribution in [1.82, 2.24) is 5.32 Å². The molecular formula is C23H21NO5. The standard InChI is InChI=1S/C23H21NO5/c25-18-11-12-19(21(26)14-18)23(28)29-15-22(27)24-20(17-9-5-2-6-10-17)13-16-7-3-1-4-8-16/h1-12,14,20,25-26H,13,15H2,(H,24,27)/t20-/m0/s1. The fourth-order valence-electron chi connectivity index (χ4n) is 2.92. The topological polar surface area (TPSA) is 95.9 Å². The molecule has 29 heavy (non-hydrogen) atoms. The molecule has 0 fully saturated rings. The van der Waals surface area contributed by atoms with E-state index in [0.29, 0.717) is 6.42 Å². The maximum Gasteiger partial charge on any atom is 0.342 e. The lowest BCUT2D eigenvalue weighted by molar-refractivity contribution is -0.125. The van der Waals surface area contributed by atoms with E-state index in [9.17, 15) is 19.8 Å². The average molecular weight is 391 g/mol. The summed E-state index contributed by atoms with van der Waals surface area (Å²) in [7, 11) is 0. The largest absolute Gasteiger partial charge is 0.508 e. The Morgan fingerprint density at radius 2 is 1.55 bits per heavy atom. The molecular weight excluding hydrogens is 370 g/mol. The lowest BCUT2D eigenvalue weighted by Crippen LogP contribution is -2.33. The zero-order chi connectivity index (χ0) is 20.6. The summed E-state index contributed by atoms with van der Waals surface area (Å²) < 4.78 is 5.00. The molecule has 3 rings (SSSR count). The second kappa shape index (κ2) is 9.41. The van der Waals surface area contributed by atoms with Gasteiger partial charge in [-0.1, -0.05) is 60.7 Å². The van der Waals surface area contributed by atoms with E-state index in [4.69, 9.17) is 4.74 Å². The highest BCUT2D eigenvalue weighted by Gasteiger charge is 2.18. The number of ether oxygens (including phenoxy) is 1. The SMILES string of the molecule is O=C(COC(=O)c1ccc(O)cc1O)N[C@@H](Cc1ccccc1)c1ccccc1. The van der Waals surface area contributed by atoms with Crippen LogP contribution in [0, 0.1) is 0 Å². The number of hydrogen-bond acceptors (Lipinski definition) is 5. The van der Waals surface area contributed by atoms with Crippen molar-refractivity contribution >= 4 is 11.9 Å². The first kappa shape index (κ1) is 19.9. The van der Waals surface area contributed by atoms with Crippen LogP contribution in [0.15, 0.2) is 78.9 Å². The monoisotopic (exact) mass is 391 g/mol. The normalized spacial score (nSPS) is 11.4. The van der Waals surface area contributed by atoms with Gasteiger partial charge in [-0.25, -0.2) is 4.79 Å². The molecule has 0 saturated carbocycles. The minimum atomic E-state index is -0.850. The Bertz CT molecular complexity index is 973. The molecule has 1 amide bonds. The Kier molecular flexibility index (Phi) is 6.47. The number of phenolic OH excluding ortho intramolecular Hbond substituents is 2. The molecule has 0 aliphatic carbocycles. The van der Waals surface area contributed by atoms with E-state index in [2.05, 4.69) is 5.32 Å². The van der Waals surface area contributed by atoms with Gasteiger partial charge in [0.15, 0.2) is 6.61 Å². The lowest BCUT2D eigenvalue weighted by Gasteiger charge is -2.19. The van der Waals surface area contributed by atoms with Crippen LogP contribution in [0.5, 0.6) is 11.5 Å². The van der Waals surface area contributed by atoms with Crippen molar-refractivity contribution in [2.45, 2.75) is 12.5 Å². The van der Waals surface area contributed by atoms with Gasteiger partial charge in [0.05, 0.1) is 6.04 Å². The van der Waals surface area contributed by atoms with Gasteiger partial charge in [0.25, 0.3) is 5.91 Å². The molecule has 1 atom stereocenters. The number of carbonyl (C=O) groups is 2. The molecule has 0 bridgehead atoms. The van der Waals surface area contributed by atoms with E-state index in [1.54, 1.807) is 0 Å². The summed E-state index contributed by atoms with van der Waals surface area (Å²) in [5.74, 6) is -1.90. The van der Waals surface area contributed by atoms with E-state index in [-0.39, 0.29) is 17.4 Å². The van der Waals surface area contributed by atoms with Crippen molar-refractivity contribution in [2.24, 2.45) is 0 Å². The minimum absolute atomic E-state index is 0.125. The molecule has 6 nitrogen and oxygen atoms in total. The van der Waals surface area contributed by atoms with Crippen molar-refractivity contribution in [3.63, 3.8) is 0 Å². The third-order valence-corrected chi connectivity index (χ3v) is 4.36. The number of benzene rings is 3. The number of amides is 1. The van der Waals surface area contributed by atoms with E-state index in [1.165, 1.54) is 12.1 Å². The number of rotatable bonds is 7. The smallest absolute Gasteiger partial charge is 0.342 e. The van der Waals surface area contributed by atoms with Gasteiger partial charge < -0.3 is 20.3 Å². The Morgan fingerprint density at radius 1 is 0.897 bits per heavy atom. The summed E-state index contributed by atoms with van der Waals surface area (Å²) in [4.78, 5) is 24.5. The summed E-state index contributed by atoms with van der Waals surface area (Å²) in [6.07, 6.45) is 0.587.